The van der Waals surface area contributed by atoms with E-state index in [1.807, 2.05) is 52.0 Å². The number of likely N-dealkylation sites (tertiary alicyclic amines) is 1. The molecule has 1 N–H and O–H groups in total. The third kappa shape index (κ3) is 4.87. The first-order chi connectivity index (χ1) is 15.8. The zero-order chi connectivity index (χ0) is 24.2. The van der Waals surface area contributed by atoms with Crippen LogP contribution in [-0.2, 0) is 17.9 Å². The fraction of sp³-hybridized carbons (Fsp3) is 0.462. The van der Waals surface area contributed by atoms with Gasteiger partial charge in [-0.2, -0.15) is 0 Å². The lowest BCUT2D eigenvalue weighted by Gasteiger charge is -2.54. The molecular weight excluding hydrogens is 440 g/mol. The van der Waals surface area contributed by atoms with E-state index in [0.29, 0.717) is 42.3 Å². The first-order valence-electron chi connectivity index (χ1n) is 11.5. The summed E-state index contributed by atoms with van der Waals surface area (Å²) in [4.78, 5) is 29.8. The van der Waals surface area contributed by atoms with Gasteiger partial charge in [-0.1, -0.05) is 68.3 Å². The van der Waals surface area contributed by atoms with Gasteiger partial charge in [-0.3, -0.25) is 4.79 Å². The molecule has 1 saturated heterocycles. The average molecular weight is 473 g/mol. The van der Waals surface area contributed by atoms with E-state index < -0.39 is 11.6 Å². The highest BCUT2D eigenvalue weighted by molar-refractivity contribution is 6.31. The van der Waals surface area contributed by atoms with E-state index in [4.69, 9.17) is 16.3 Å². The lowest BCUT2D eigenvalue weighted by molar-refractivity contribution is -0.192. The Morgan fingerprint density at radius 3 is 2.36 bits per heavy atom. The predicted octanol–water partition coefficient (Wildman–Crippen LogP) is 5.53. The number of aliphatic hydroxyl groups excluding tert-OH is 1. The summed E-state index contributed by atoms with van der Waals surface area (Å²) in [5.41, 5.74) is 1.99. The van der Waals surface area contributed by atoms with Crippen LogP contribution in [-0.4, -0.2) is 39.6 Å². The van der Waals surface area contributed by atoms with Crippen molar-refractivity contribution in [2.24, 2.45) is 5.41 Å². The van der Waals surface area contributed by atoms with Gasteiger partial charge in [0.2, 0.25) is 5.91 Å². The number of aryl methyl sites for hydroxylation is 1. The smallest absolute Gasteiger partial charge is 0.330 e. The minimum absolute atomic E-state index is 0.176. The molecule has 0 spiro atoms. The van der Waals surface area contributed by atoms with Gasteiger partial charge in [0.1, 0.15) is 11.2 Å². The molecule has 1 heterocycles. The number of β-lactam (4-membered cyclic amide) rings is 1. The van der Waals surface area contributed by atoms with Crippen LogP contribution in [0.25, 0.3) is 0 Å². The SMILES string of the molecule is CCCN(Cc1ccc(C)cc1)C(=O)N1C(=O)C(CC)(CC)C1Oc1ccc(CO)c(Cl)c1. The third-order valence-corrected chi connectivity index (χ3v) is 6.87. The normalized spacial score (nSPS) is 17.0. The molecule has 6 nitrogen and oxygen atoms in total. The second-order valence-electron chi connectivity index (χ2n) is 8.61. The number of hydrogen-bond donors (Lipinski definition) is 1. The summed E-state index contributed by atoms with van der Waals surface area (Å²) in [6, 6.07) is 12.7. The zero-order valence-electron chi connectivity index (χ0n) is 19.8. The van der Waals surface area contributed by atoms with Gasteiger partial charge < -0.3 is 14.7 Å². The molecule has 1 atom stereocenters. The zero-order valence-corrected chi connectivity index (χ0v) is 20.6. The molecule has 2 aromatic carbocycles. The number of urea groups is 1. The van der Waals surface area contributed by atoms with E-state index in [1.165, 1.54) is 4.90 Å². The Hall–Kier alpha value is -2.57. The maximum atomic E-state index is 13.6. The maximum absolute atomic E-state index is 13.6. The van der Waals surface area contributed by atoms with E-state index in [-0.39, 0.29) is 18.5 Å². The molecule has 1 aliphatic heterocycles. The number of nitrogens with zero attached hydrogens (tertiary/aromatic N) is 2. The molecular formula is C26H33ClN2O4. The highest BCUT2D eigenvalue weighted by Crippen LogP contribution is 2.46. The van der Waals surface area contributed by atoms with Gasteiger partial charge in [0.05, 0.1) is 6.61 Å². The van der Waals surface area contributed by atoms with Crippen LogP contribution in [0.3, 0.4) is 0 Å². The molecule has 7 heteroatoms. The Morgan fingerprint density at radius 1 is 1.15 bits per heavy atom. The summed E-state index contributed by atoms with van der Waals surface area (Å²) < 4.78 is 6.22. The van der Waals surface area contributed by atoms with Crippen molar-refractivity contribution in [3.8, 4) is 5.75 Å². The molecule has 1 aliphatic rings. The number of hydrogen-bond acceptors (Lipinski definition) is 4. The van der Waals surface area contributed by atoms with Gasteiger partial charge in [-0.25, -0.2) is 9.69 Å². The number of carbonyl (C=O) groups is 2. The van der Waals surface area contributed by atoms with Crippen LogP contribution in [0.1, 0.15) is 56.7 Å². The first kappa shape index (κ1) is 25.1. The van der Waals surface area contributed by atoms with Crippen molar-refractivity contribution in [2.45, 2.75) is 66.3 Å². The average Bonchev–Trinajstić information content (AvgIpc) is 2.81. The fourth-order valence-corrected chi connectivity index (χ4v) is 4.55. The maximum Gasteiger partial charge on any atom is 0.330 e. The Bertz CT molecular complexity index is 988. The number of aliphatic hydroxyl groups is 1. The number of carbonyl (C=O) groups excluding carboxylic acids is 2. The fourth-order valence-electron chi connectivity index (χ4n) is 4.32. The standard InChI is InChI=1S/C26H33ClN2O4/c1-5-14-28(16-19-10-8-18(4)9-11-19)25(32)29-23(31)26(6-2,7-3)24(29)33-21-13-12-20(17-30)22(27)15-21/h8-13,15,24,30H,5-7,14,16-17H2,1-4H3. The minimum atomic E-state index is -0.764. The van der Waals surface area contributed by atoms with Crippen LogP contribution in [0.2, 0.25) is 5.02 Å². The van der Waals surface area contributed by atoms with Crippen LogP contribution in [0.15, 0.2) is 42.5 Å². The van der Waals surface area contributed by atoms with Gasteiger partial charge in [0, 0.05) is 18.1 Å². The molecule has 3 rings (SSSR count). The number of benzene rings is 2. The van der Waals surface area contributed by atoms with Crippen LogP contribution in [0, 0.1) is 12.3 Å². The summed E-state index contributed by atoms with van der Waals surface area (Å²) in [5, 5.41) is 9.76. The van der Waals surface area contributed by atoms with Gasteiger partial charge in [0.25, 0.3) is 0 Å². The van der Waals surface area contributed by atoms with Crippen LogP contribution in [0.5, 0.6) is 5.75 Å². The predicted molar refractivity (Wildman–Crippen MR) is 129 cm³/mol. The van der Waals surface area contributed by atoms with Gasteiger partial charge >= 0.3 is 6.03 Å². The molecule has 33 heavy (non-hydrogen) atoms. The molecule has 178 valence electrons. The second kappa shape index (κ2) is 10.6. The molecule has 0 aliphatic carbocycles. The number of ether oxygens (including phenoxy) is 1. The molecule has 0 radical (unpaired) electrons. The lowest BCUT2D eigenvalue weighted by atomic mass is 9.72. The molecule has 0 saturated carbocycles. The Kier molecular flexibility index (Phi) is 8.03. The summed E-state index contributed by atoms with van der Waals surface area (Å²) >= 11 is 6.24. The molecule has 0 bridgehead atoms. The van der Waals surface area contributed by atoms with Crippen molar-refractivity contribution in [1.82, 2.24) is 9.80 Å². The molecule has 3 amide bonds. The number of halogens is 1. The van der Waals surface area contributed by atoms with Crippen LogP contribution < -0.4 is 4.74 Å². The first-order valence-corrected chi connectivity index (χ1v) is 11.9. The Labute approximate surface area is 201 Å². The van der Waals surface area contributed by atoms with Crippen molar-refractivity contribution < 1.29 is 19.4 Å². The van der Waals surface area contributed by atoms with Gasteiger partial charge in [0.15, 0.2) is 6.23 Å². The highest BCUT2D eigenvalue weighted by atomic mass is 35.5. The Morgan fingerprint density at radius 2 is 1.82 bits per heavy atom. The van der Waals surface area contributed by atoms with E-state index in [9.17, 15) is 14.7 Å². The quantitative estimate of drug-likeness (QED) is 0.487. The number of imide groups is 1. The summed E-state index contributed by atoms with van der Waals surface area (Å²) in [6.45, 7) is 8.69. The van der Waals surface area contributed by atoms with Crippen molar-refractivity contribution in [1.29, 1.82) is 0 Å². The lowest BCUT2D eigenvalue weighted by Crippen LogP contribution is -2.73. The molecule has 0 aromatic heterocycles. The van der Waals surface area contributed by atoms with Gasteiger partial charge in [-0.15, -0.1) is 0 Å². The molecule has 2 aromatic rings. The third-order valence-electron chi connectivity index (χ3n) is 6.52. The number of amides is 3. The topological polar surface area (TPSA) is 70.1 Å². The Balaban J connectivity index is 1.88. The summed E-state index contributed by atoms with van der Waals surface area (Å²) in [7, 11) is 0. The summed E-state index contributed by atoms with van der Waals surface area (Å²) in [6.07, 6.45) is 1.17. The molecule has 1 fully saturated rings. The van der Waals surface area contributed by atoms with Gasteiger partial charge in [-0.05, 0) is 49.4 Å². The monoisotopic (exact) mass is 472 g/mol. The second-order valence-corrected chi connectivity index (χ2v) is 9.02. The molecule has 1 unspecified atom stereocenters. The largest absolute Gasteiger partial charge is 0.469 e. The van der Waals surface area contributed by atoms with E-state index in [1.54, 1.807) is 23.1 Å². The van der Waals surface area contributed by atoms with E-state index in [2.05, 4.69) is 0 Å². The van der Waals surface area contributed by atoms with Crippen molar-refractivity contribution in [3.05, 3.63) is 64.2 Å². The highest BCUT2D eigenvalue weighted by Gasteiger charge is 2.63. The van der Waals surface area contributed by atoms with E-state index in [0.717, 1.165) is 17.5 Å². The van der Waals surface area contributed by atoms with Crippen LogP contribution >= 0.6 is 11.6 Å². The minimum Gasteiger partial charge on any atom is -0.469 e. The van der Waals surface area contributed by atoms with E-state index >= 15 is 0 Å². The van der Waals surface area contributed by atoms with Crippen LogP contribution in [0.4, 0.5) is 4.79 Å². The van der Waals surface area contributed by atoms with Crippen molar-refractivity contribution >= 4 is 23.5 Å². The van der Waals surface area contributed by atoms with Crippen molar-refractivity contribution in [2.75, 3.05) is 6.54 Å². The summed E-state index contributed by atoms with van der Waals surface area (Å²) in [5.74, 6) is 0.255. The number of rotatable bonds is 9. The van der Waals surface area contributed by atoms with Crippen molar-refractivity contribution in [3.63, 3.8) is 0 Å².